The Morgan fingerprint density at radius 1 is 1.35 bits per heavy atom. The normalized spacial score (nSPS) is 11.2. The molecule has 0 spiro atoms. The average molecular weight is 296 g/mol. The molecule has 0 radical (unpaired) electrons. The van der Waals surface area contributed by atoms with Gasteiger partial charge in [0.1, 0.15) is 0 Å². The van der Waals surface area contributed by atoms with Gasteiger partial charge in [0.05, 0.1) is 29.2 Å². The van der Waals surface area contributed by atoms with E-state index in [0.717, 1.165) is 49.0 Å². The lowest BCUT2D eigenvalue weighted by molar-refractivity contribution is 0.531. The largest absolute Gasteiger partial charge is 0.309 e. The van der Waals surface area contributed by atoms with E-state index in [2.05, 4.69) is 29.4 Å². The maximum absolute atomic E-state index is 6.37. The molecule has 1 N–H and O–H groups in total. The zero-order chi connectivity index (χ0) is 14.5. The summed E-state index contributed by atoms with van der Waals surface area (Å²) in [5.41, 5.74) is 3.24. The number of rotatable bonds is 7. The van der Waals surface area contributed by atoms with Gasteiger partial charge in [-0.15, -0.1) is 0 Å². The number of hydrogen-bond donors (Lipinski definition) is 1. The summed E-state index contributed by atoms with van der Waals surface area (Å²) >= 11 is 6.37. The van der Waals surface area contributed by atoms with Gasteiger partial charge in [0.2, 0.25) is 0 Å². The van der Waals surface area contributed by atoms with Crippen LogP contribution < -0.4 is 5.32 Å². The Hall–Kier alpha value is -1.33. The van der Waals surface area contributed by atoms with E-state index in [0.29, 0.717) is 0 Å². The highest BCUT2D eigenvalue weighted by Gasteiger charge is 2.13. The Kier molecular flexibility index (Phi) is 5.20. The predicted molar refractivity (Wildman–Crippen MR) is 81.0 cm³/mol. The zero-order valence-electron chi connectivity index (χ0n) is 12.4. The minimum absolute atomic E-state index is 0.736. The summed E-state index contributed by atoms with van der Waals surface area (Å²) in [6.07, 6.45) is 4.78. The van der Waals surface area contributed by atoms with Crippen LogP contribution in [0.1, 0.15) is 30.8 Å². The quantitative estimate of drug-likeness (QED) is 0.798. The standard InChI is InChI=1S/C14H22ClN5/c1-4-12-14(15)13(20(5-2)18-12)9-16-6-7-19-10-11(3)8-17-19/h8,10,16H,4-7,9H2,1-3H3. The van der Waals surface area contributed by atoms with Crippen LogP contribution in [0.3, 0.4) is 0 Å². The van der Waals surface area contributed by atoms with Crippen molar-refractivity contribution in [3.63, 3.8) is 0 Å². The third-order valence-electron chi connectivity index (χ3n) is 3.27. The van der Waals surface area contributed by atoms with Crippen LogP contribution in [0.5, 0.6) is 0 Å². The number of nitrogens with zero attached hydrogens (tertiary/aromatic N) is 4. The summed E-state index contributed by atoms with van der Waals surface area (Å²) in [4.78, 5) is 0. The van der Waals surface area contributed by atoms with Crippen LogP contribution >= 0.6 is 11.6 Å². The van der Waals surface area contributed by atoms with Crippen molar-refractivity contribution in [2.75, 3.05) is 6.54 Å². The van der Waals surface area contributed by atoms with Gasteiger partial charge in [0.15, 0.2) is 0 Å². The second-order valence-corrected chi connectivity index (χ2v) is 5.21. The van der Waals surface area contributed by atoms with Crippen molar-refractivity contribution in [2.24, 2.45) is 0 Å². The highest BCUT2D eigenvalue weighted by Crippen LogP contribution is 2.21. The molecular weight excluding hydrogens is 274 g/mol. The monoisotopic (exact) mass is 295 g/mol. The predicted octanol–water partition coefficient (Wildman–Crippen LogP) is 2.41. The van der Waals surface area contributed by atoms with E-state index in [9.17, 15) is 0 Å². The van der Waals surface area contributed by atoms with Crippen molar-refractivity contribution in [1.82, 2.24) is 24.9 Å². The zero-order valence-corrected chi connectivity index (χ0v) is 13.1. The molecule has 2 rings (SSSR count). The van der Waals surface area contributed by atoms with Crippen LogP contribution in [0.25, 0.3) is 0 Å². The molecule has 2 heterocycles. The number of aryl methyl sites for hydroxylation is 3. The van der Waals surface area contributed by atoms with Crippen molar-refractivity contribution in [3.05, 3.63) is 34.4 Å². The molecule has 2 aromatic rings. The molecule has 0 aliphatic carbocycles. The van der Waals surface area contributed by atoms with Crippen LogP contribution in [0.15, 0.2) is 12.4 Å². The fourth-order valence-corrected chi connectivity index (χ4v) is 2.51. The Morgan fingerprint density at radius 2 is 2.15 bits per heavy atom. The SMILES string of the molecule is CCc1nn(CC)c(CNCCn2cc(C)cn2)c1Cl. The molecule has 0 saturated heterocycles. The minimum Gasteiger partial charge on any atom is -0.309 e. The fourth-order valence-electron chi connectivity index (χ4n) is 2.18. The number of aromatic nitrogens is 4. The highest BCUT2D eigenvalue weighted by molar-refractivity contribution is 6.31. The molecule has 110 valence electrons. The van der Waals surface area contributed by atoms with E-state index in [-0.39, 0.29) is 0 Å². The molecule has 0 atom stereocenters. The van der Waals surface area contributed by atoms with E-state index in [1.807, 2.05) is 28.7 Å². The first-order valence-corrected chi connectivity index (χ1v) is 7.47. The highest BCUT2D eigenvalue weighted by atomic mass is 35.5. The van der Waals surface area contributed by atoms with Crippen molar-refractivity contribution >= 4 is 11.6 Å². The molecule has 0 aromatic carbocycles. The van der Waals surface area contributed by atoms with E-state index >= 15 is 0 Å². The lowest BCUT2D eigenvalue weighted by Gasteiger charge is -2.07. The third-order valence-corrected chi connectivity index (χ3v) is 3.70. The van der Waals surface area contributed by atoms with Crippen LogP contribution in [-0.4, -0.2) is 26.1 Å². The van der Waals surface area contributed by atoms with Gasteiger partial charge in [0, 0.05) is 25.8 Å². The minimum atomic E-state index is 0.736. The van der Waals surface area contributed by atoms with Crippen molar-refractivity contribution in [2.45, 2.75) is 46.8 Å². The Bertz CT molecular complexity index is 558. The second-order valence-electron chi connectivity index (χ2n) is 4.83. The molecule has 2 aromatic heterocycles. The Morgan fingerprint density at radius 3 is 2.75 bits per heavy atom. The maximum Gasteiger partial charge on any atom is 0.0863 e. The third kappa shape index (κ3) is 3.41. The molecular formula is C14H22ClN5. The van der Waals surface area contributed by atoms with Gasteiger partial charge in [0.25, 0.3) is 0 Å². The summed E-state index contributed by atoms with van der Waals surface area (Å²) in [5, 5.41) is 13.0. The lowest BCUT2D eigenvalue weighted by Crippen LogP contribution is -2.21. The second kappa shape index (κ2) is 6.90. The first-order valence-electron chi connectivity index (χ1n) is 7.09. The van der Waals surface area contributed by atoms with E-state index in [1.165, 1.54) is 5.56 Å². The molecule has 0 saturated carbocycles. The van der Waals surface area contributed by atoms with Crippen LogP contribution in [0.2, 0.25) is 5.02 Å². The molecule has 20 heavy (non-hydrogen) atoms. The molecule has 0 unspecified atom stereocenters. The summed E-state index contributed by atoms with van der Waals surface area (Å²) in [6, 6.07) is 0. The van der Waals surface area contributed by atoms with Crippen LogP contribution in [-0.2, 0) is 26.1 Å². The number of hydrogen-bond acceptors (Lipinski definition) is 3. The topological polar surface area (TPSA) is 47.7 Å². The average Bonchev–Trinajstić information content (AvgIpc) is 2.99. The summed E-state index contributed by atoms with van der Waals surface area (Å²) in [5.74, 6) is 0. The first-order chi connectivity index (χ1) is 9.65. The van der Waals surface area contributed by atoms with Gasteiger partial charge in [-0.3, -0.25) is 9.36 Å². The Labute approximate surface area is 124 Å². The van der Waals surface area contributed by atoms with Gasteiger partial charge >= 0.3 is 0 Å². The molecule has 0 bridgehead atoms. The van der Waals surface area contributed by atoms with E-state index in [4.69, 9.17) is 11.6 Å². The molecule has 0 fully saturated rings. The molecule has 5 nitrogen and oxygen atoms in total. The van der Waals surface area contributed by atoms with Crippen molar-refractivity contribution < 1.29 is 0 Å². The summed E-state index contributed by atoms with van der Waals surface area (Å²) < 4.78 is 3.92. The fraction of sp³-hybridized carbons (Fsp3) is 0.571. The van der Waals surface area contributed by atoms with Gasteiger partial charge in [-0.25, -0.2) is 0 Å². The number of nitrogens with one attached hydrogen (secondary N) is 1. The van der Waals surface area contributed by atoms with E-state index < -0.39 is 0 Å². The van der Waals surface area contributed by atoms with Gasteiger partial charge in [-0.05, 0) is 25.8 Å². The van der Waals surface area contributed by atoms with Gasteiger partial charge in [-0.2, -0.15) is 10.2 Å². The summed E-state index contributed by atoms with van der Waals surface area (Å²) in [6.45, 7) is 9.49. The van der Waals surface area contributed by atoms with Crippen molar-refractivity contribution in [3.8, 4) is 0 Å². The molecule has 0 aliphatic rings. The lowest BCUT2D eigenvalue weighted by atomic mass is 10.3. The maximum atomic E-state index is 6.37. The smallest absolute Gasteiger partial charge is 0.0863 e. The number of halogens is 1. The van der Waals surface area contributed by atoms with Crippen LogP contribution in [0.4, 0.5) is 0 Å². The summed E-state index contributed by atoms with van der Waals surface area (Å²) in [7, 11) is 0. The first kappa shape index (κ1) is 15.1. The molecule has 0 amide bonds. The molecule has 0 aliphatic heterocycles. The van der Waals surface area contributed by atoms with E-state index in [1.54, 1.807) is 0 Å². The molecule has 6 heteroatoms. The Balaban J connectivity index is 1.89. The van der Waals surface area contributed by atoms with Gasteiger partial charge in [-0.1, -0.05) is 18.5 Å². The van der Waals surface area contributed by atoms with Crippen LogP contribution in [0, 0.1) is 6.92 Å². The van der Waals surface area contributed by atoms with Gasteiger partial charge < -0.3 is 5.32 Å². The van der Waals surface area contributed by atoms with Crippen molar-refractivity contribution in [1.29, 1.82) is 0 Å².